The summed E-state index contributed by atoms with van der Waals surface area (Å²) in [6.45, 7) is 1.98. The maximum atomic E-state index is 13.0. The lowest BCUT2D eigenvalue weighted by atomic mass is 10.1. The number of hydrogen-bond donors (Lipinski definition) is 1. The lowest BCUT2D eigenvalue weighted by Crippen LogP contribution is -1.81. The quantitative estimate of drug-likeness (QED) is 0.799. The maximum Gasteiger partial charge on any atom is 0.141 e. The van der Waals surface area contributed by atoms with Gasteiger partial charge in [0.25, 0.3) is 0 Å². The zero-order chi connectivity index (χ0) is 11.0. The first-order valence-corrected chi connectivity index (χ1v) is 5.58. The second kappa shape index (κ2) is 3.83. The normalized spacial score (nSPS) is 10.6. The molecule has 0 saturated carbocycles. The van der Waals surface area contributed by atoms with Gasteiger partial charge in [-0.3, -0.25) is 0 Å². The van der Waals surface area contributed by atoms with Gasteiger partial charge in [-0.15, -0.1) is 11.3 Å². The van der Waals surface area contributed by atoms with Crippen LogP contribution in [0.3, 0.4) is 0 Å². The maximum absolute atomic E-state index is 13.0. The van der Waals surface area contributed by atoms with Gasteiger partial charge in [0.15, 0.2) is 0 Å². The van der Waals surface area contributed by atoms with Crippen molar-refractivity contribution in [2.45, 2.75) is 6.92 Å². The van der Waals surface area contributed by atoms with Gasteiger partial charge >= 0.3 is 0 Å². The number of halogens is 2. The van der Waals surface area contributed by atoms with Crippen molar-refractivity contribution in [1.82, 2.24) is 0 Å². The summed E-state index contributed by atoms with van der Waals surface area (Å²) in [7, 11) is 0. The fraction of sp³-hybridized carbons (Fsp3) is 0.0909. The lowest BCUT2D eigenvalue weighted by Gasteiger charge is -2.01. The Hall–Kier alpha value is -1.06. The smallest absolute Gasteiger partial charge is 0.141 e. The van der Waals surface area contributed by atoms with E-state index < -0.39 is 5.82 Å². The third kappa shape index (κ3) is 1.98. The molecule has 15 heavy (non-hydrogen) atoms. The number of nitrogens with two attached hydrogens (primary N) is 1. The predicted molar refractivity (Wildman–Crippen MR) is 63.9 cm³/mol. The molecule has 1 aromatic heterocycles. The summed E-state index contributed by atoms with van der Waals surface area (Å²) in [5.41, 5.74) is 7.60. The SMILES string of the molecule is Cc1sc(N)cc1-c1ccc(F)c(Cl)c1. The Morgan fingerprint density at radius 2 is 2.07 bits per heavy atom. The molecule has 0 aliphatic carbocycles. The van der Waals surface area contributed by atoms with Crippen molar-refractivity contribution in [2.75, 3.05) is 5.73 Å². The Morgan fingerprint density at radius 3 is 2.60 bits per heavy atom. The topological polar surface area (TPSA) is 26.0 Å². The Kier molecular flexibility index (Phi) is 2.67. The molecule has 0 bridgehead atoms. The Balaban J connectivity index is 2.54. The van der Waals surface area contributed by atoms with Crippen LogP contribution in [-0.2, 0) is 0 Å². The minimum Gasteiger partial charge on any atom is -0.391 e. The van der Waals surface area contributed by atoms with Crippen LogP contribution in [-0.4, -0.2) is 0 Å². The van der Waals surface area contributed by atoms with Crippen molar-refractivity contribution < 1.29 is 4.39 Å². The van der Waals surface area contributed by atoms with Crippen molar-refractivity contribution in [2.24, 2.45) is 0 Å². The molecule has 0 unspecified atom stereocenters. The second-order valence-electron chi connectivity index (χ2n) is 3.25. The molecule has 1 heterocycles. The summed E-state index contributed by atoms with van der Waals surface area (Å²) < 4.78 is 13.0. The minimum absolute atomic E-state index is 0.136. The fourth-order valence-corrected chi connectivity index (χ4v) is 2.45. The van der Waals surface area contributed by atoms with Crippen LogP contribution >= 0.6 is 22.9 Å². The molecule has 1 aromatic carbocycles. The molecule has 1 nitrogen and oxygen atoms in total. The van der Waals surface area contributed by atoms with Gasteiger partial charge in [-0.25, -0.2) is 4.39 Å². The van der Waals surface area contributed by atoms with E-state index in [1.807, 2.05) is 13.0 Å². The van der Waals surface area contributed by atoms with Crippen molar-refractivity contribution >= 4 is 27.9 Å². The molecule has 0 amide bonds. The number of rotatable bonds is 1. The highest BCUT2D eigenvalue weighted by Crippen LogP contribution is 2.33. The number of nitrogen functional groups attached to an aromatic ring is 1. The largest absolute Gasteiger partial charge is 0.391 e. The van der Waals surface area contributed by atoms with E-state index in [0.29, 0.717) is 0 Å². The number of benzene rings is 1. The molecule has 0 spiro atoms. The molecule has 0 saturated heterocycles. The molecule has 0 atom stereocenters. The summed E-state index contributed by atoms with van der Waals surface area (Å²) in [6.07, 6.45) is 0. The molecule has 2 N–H and O–H groups in total. The van der Waals surface area contributed by atoms with Crippen LogP contribution in [0.25, 0.3) is 11.1 Å². The van der Waals surface area contributed by atoms with E-state index in [4.69, 9.17) is 17.3 Å². The molecule has 78 valence electrons. The van der Waals surface area contributed by atoms with Gasteiger partial charge in [0.2, 0.25) is 0 Å². The van der Waals surface area contributed by atoms with Gasteiger partial charge in [0.1, 0.15) is 5.82 Å². The van der Waals surface area contributed by atoms with E-state index >= 15 is 0 Å². The molecular weight excluding hydrogens is 233 g/mol. The van der Waals surface area contributed by atoms with E-state index in [2.05, 4.69) is 0 Å². The molecule has 2 rings (SSSR count). The Bertz CT molecular complexity index is 507. The van der Waals surface area contributed by atoms with Gasteiger partial charge in [0.05, 0.1) is 10.0 Å². The van der Waals surface area contributed by atoms with E-state index in [9.17, 15) is 4.39 Å². The van der Waals surface area contributed by atoms with E-state index in [-0.39, 0.29) is 5.02 Å². The lowest BCUT2D eigenvalue weighted by molar-refractivity contribution is 0.628. The van der Waals surface area contributed by atoms with Crippen molar-refractivity contribution in [1.29, 1.82) is 0 Å². The fourth-order valence-electron chi connectivity index (χ4n) is 1.46. The second-order valence-corrected chi connectivity index (χ2v) is 4.94. The first kappa shape index (κ1) is 10.5. The number of hydrogen-bond acceptors (Lipinski definition) is 2. The van der Waals surface area contributed by atoms with Crippen molar-refractivity contribution in [3.63, 3.8) is 0 Å². The summed E-state index contributed by atoms with van der Waals surface area (Å²) in [4.78, 5) is 1.11. The van der Waals surface area contributed by atoms with Crippen molar-refractivity contribution in [3.05, 3.63) is 40.0 Å². The highest BCUT2D eigenvalue weighted by atomic mass is 35.5. The zero-order valence-corrected chi connectivity index (χ0v) is 9.62. The molecular formula is C11H9ClFNS. The zero-order valence-electron chi connectivity index (χ0n) is 8.05. The number of anilines is 1. The van der Waals surface area contributed by atoms with Crippen LogP contribution in [0.5, 0.6) is 0 Å². The van der Waals surface area contributed by atoms with Crippen molar-refractivity contribution in [3.8, 4) is 11.1 Å². The van der Waals surface area contributed by atoms with Crippen LogP contribution < -0.4 is 5.73 Å². The summed E-state index contributed by atoms with van der Waals surface area (Å²) in [5.74, 6) is -0.402. The van der Waals surface area contributed by atoms with Crippen LogP contribution in [0.2, 0.25) is 5.02 Å². The standard InChI is InChI=1S/C11H9ClFNS/c1-6-8(5-11(14)15-6)7-2-3-10(13)9(12)4-7/h2-5H,14H2,1H3. The van der Waals surface area contributed by atoms with Gasteiger partial charge < -0.3 is 5.73 Å². The van der Waals surface area contributed by atoms with Gasteiger partial charge in [-0.2, -0.15) is 0 Å². The molecule has 2 aromatic rings. The summed E-state index contributed by atoms with van der Waals surface area (Å²) in [5, 5.41) is 0.889. The Labute approximate surface area is 96.3 Å². The minimum atomic E-state index is -0.402. The molecule has 0 aliphatic rings. The van der Waals surface area contributed by atoms with E-state index in [0.717, 1.165) is 21.0 Å². The first-order valence-electron chi connectivity index (χ1n) is 4.39. The molecule has 0 aliphatic heterocycles. The third-order valence-corrected chi connectivity index (χ3v) is 3.34. The molecule has 4 heteroatoms. The van der Waals surface area contributed by atoms with Crippen LogP contribution in [0.1, 0.15) is 4.88 Å². The van der Waals surface area contributed by atoms with Crippen LogP contribution in [0.15, 0.2) is 24.3 Å². The summed E-state index contributed by atoms with van der Waals surface area (Å²) >= 11 is 7.24. The monoisotopic (exact) mass is 241 g/mol. The average Bonchev–Trinajstić information content (AvgIpc) is 2.50. The van der Waals surface area contributed by atoms with Crippen LogP contribution in [0, 0.1) is 12.7 Å². The van der Waals surface area contributed by atoms with Crippen LogP contribution in [0.4, 0.5) is 9.39 Å². The van der Waals surface area contributed by atoms with Gasteiger partial charge in [0, 0.05) is 4.88 Å². The first-order chi connectivity index (χ1) is 7.08. The highest BCUT2D eigenvalue weighted by molar-refractivity contribution is 7.16. The van der Waals surface area contributed by atoms with E-state index in [1.54, 1.807) is 12.1 Å². The van der Waals surface area contributed by atoms with Gasteiger partial charge in [-0.05, 0) is 36.2 Å². The van der Waals surface area contributed by atoms with Gasteiger partial charge in [-0.1, -0.05) is 17.7 Å². The highest BCUT2D eigenvalue weighted by Gasteiger charge is 2.08. The summed E-state index contributed by atoms with van der Waals surface area (Å²) in [6, 6.07) is 6.57. The predicted octanol–water partition coefficient (Wildman–Crippen LogP) is 4.10. The average molecular weight is 242 g/mol. The number of thiophene rings is 1. The molecule has 0 radical (unpaired) electrons. The Morgan fingerprint density at radius 1 is 1.33 bits per heavy atom. The third-order valence-electron chi connectivity index (χ3n) is 2.17. The number of aryl methyl sites for hydroxylation is 1. The molecule has 0 fully saturated rings. The van der Waals surface area contributed by atoms with E-state index in [1.165, 1.54) is 17.4 Å².